The SMILES string of the molecule is C=CSC(=C)C.CC. The first kappa shape index (κ1) is 10.7. The van der Waals surface area contributed by atoms with Crippen molar-refractivity contribution in [1.82, 2.24) is 0 Å². The average molecular weight is 130 g/mol. The molecule has 0 saturated carbocycles. The normalized spacial score (nSPS) is 6.38. The molecule has 0 spiro atoms. The van der Waals surface area contributed by atoms with Crippen molar-refractivity contribution in [3.63, 3.8) is 0 Å². The van der Waals surface area contributed by atoms with E-state index < -0.39 is 0 Å². The molecule has 0 unspecified atom stereocenters. The molecule has 8 heavy (non-hydrogen) atoms. The summed E-state index contributed by atoms with van der Waals surface area (Å²) < 4.78 is 0. The van der Waals surface area contributed by atoms with Crippen LogP contribution in [0.4, 0.5) is 0 Å². The first-order valence-corrected chi connectivity index (χ1v) is 3.58. The molecule has 0 atom stereocenters. The van der Waals surface area contributed by atoms with Gasteiger partial charge in [-0.3, -0.25) is 0 Å². The third-order valence-electron chi connectivity index (χ3n) is 0.285. The number of hydrogen-bond acceptors (Lipinski definition) is 1. The van der Waals surface area contributed by atoms with Crippen LogP contribution in [-0.4, -0.2) is 0 Å². The van der Waals surface area contributed by atoms with Gasteiger partial charge in [0.15, 0.2) is 0 Å². The van der Waals surface area contributed by atoms with Gasteiger partial charge in [0.1, 0.15) is 0 Å². The summed E-state index contributed by atoms with van der Waals surface area (Å²) in [6.45, 7) is 13.1. The summed E-state index contributed by atoms with van der Waals surface area (Å²) in [6.07, 6.45) is 0. The molecule has 0 radical (unpaired) electrons. The fourth-order valence-corrected chi connectivity index (χ4v) is 0.427. The average Bonchev–Trinajstić information content (AvgIpc) is 1.72. The first-order valence-electron chi connectivity index (χ1n) is 2.70. The molecule has 1 heteroatoms. The highest BCUT2D eigenvalue weighted by atomic mass is 32.2. The van der Waals surface area contributed by atoms with Crippen LogP contribution in [0.3, 0.4) is 0 Å². The Labute approximate surface area is 56.7 Å². The van der Waals surface area contributed by atoms with Crippen molar-refractivity contribution in [2.45, 2.75) is 20.8 Å². The van der Waals surface area contributed by atoms with Crippen LogP contribution in [0.1, 0.15) is 20.8 Å². The molecule has 48 valence electrons. The molecular weight excluding hydrogens is 116 g/mol. The predicted molar refractivity (Wildman–Crippen MR) is 44.0 cm³/mol. The summed E-state index contributed by atoms with van der Waals surface area (Å²) in [5, 5.41) is 1.77. The fourth-order valence-electron chi connectivity index (χ4n) is 0.142. The Morgan fingerprint density at radius 3 is 1.88 bits per heavy atom. The van der Waals surface area contributed by atoms with Crippen LogP contribution in [0.15, 0.2) is 23.5 Å². The molecule has 0 aliphatic heterocycles. The van der Waals surface area contributed by atoms with Gasteiger partial charge in [-0.15, -0.1) is 11.8 Å². The van der Waals surface area contributed by atoms with Crippen molar-refractivity contribution in [1.29, 1.82) is 0 Å². The third-order valence-corrected chi connectivity index (χ3v) is 0.854. The van der Waals surface area contributed by atoms with E-state index in [0.717, 1.165) is 4.91 Å². The maximum Gasteiger partial charge on any atom is -0.0211 e. The zero-order valence-electron chi connectivity index (χ0n) is 5.90. The van der Waals surface area contributed by atoms with E-state index in [-0.39, 0.29) is 0 Å². The summed E-state index contributed by atoms with van der Waals surface area (Å²) in [6, 6.07) is 0. The second-order valence-electron chi connectivity index (χ2n) is 0.987. The summed E-state index contributed by atoms with van der Waals surface area (Å²) in [7, 11) is 0. The van der Waals surface area contributed by atoms with E-state index in [1.165, 1.54) is 0 Å². The van der Waals surface area contributed by atoms with Crippen molar-refractivity contribution in [3.8, 4) is 0 Å². The summed E-state index contributed by atoms with van der Waals surface area (Å²) in [5.74, 6) is 0. The molecule has 0 saturated heterocycles. The van der Waals surface area contributed by atoms with Crippen molar-refractivity contribution in [2.75, 3.05) is 0 Å². The molecule has 0 aromatic carbocycles. The lowest BCUT2D eigenvalue weighted by Gasteiger charge is -1.82. The monoisotopic (exact) mass is 130 g/mol. The van der Waals surface area contributed by atoms with Gasteiger partial charge in [0, 0.05) is 0 Å². The lowest BCUT2D eigenvalue weighted by molar-refractivity contribution is 1.50. The molecule has 0 heterocycles. The van der Waals surface area contributed by atoms with E-state index in [1.54, 1.807) is 17.2 Å². The largest absolute Gasteiger partial charge is 0.104 e. The molecule has 0 rings (SSSR count). The van der Waals surface area contributed by atoms with Crippen LogP contribution < -0.4 is 0 Å². The molecule has 0 N–H and O–H groups in total. The maximum absolute atomic E-state index is 3.64. The molecule has 0 aromatic heterocycles. The Morgan fingerprint density at radius 1 is 1.50 bits per heavy atom. The van der Waals surface area contributed by atoms with Gasteiger partial charge in [0.2, 0.25) is 0 Å². The number of allylic oxidation sites excluding steroid dienone is 1. The van der Waals surface area contributed by atoms with Crippen LogP contribution >= 0.6 is 11.8 Å². The maximum atomic E-state index is 3.64. The number of rotatable bonds is 2. The van der Waals surface area contributed by atoms with Crippen molar-refractivity contribution < 1.29 is 0 Å². The second-order valence-corrected chi connectivity index (χ2v) is 2.25. The molecule has 0 bridgehead atoms. The van der Waals surface area contributed by atoms with Crippen LogP contribution in [0.25, 0.3) is 0 Å². The van der Waals surface area contributed by atoms with Gasteiger partial charge in [-0.2, -0.15) is 0 Å². The molecule has 0 fully saturated rings. The van der Waals surface area contributed by atoms with Crippen LogP contribution in [0.2, 0.25) is 0 Å². The Hall–Kier alpha value is -0.170. The highest BCUT2D eigenvalue weighted by Gasteiger charge is 1.71. The zero-order valence-corrected chi connectivity index (χ0v) is 6.72. The zero-order chi connectivity index (χ0) is 6.99. The van der Waals surface area contributed by atoms with Crippen molar-refractivity contribution in [3.05, 3.63) is 23.5 Å². The summed E-state index contributed by atoms with van der Waals surface area (Å²) >= 11 is 1.56. The molecule has 0 aromatic rings. The van der Waals surface area contributed by atoms with Gasteiger partial charge in [0.25, 0.3) is 0 Å². The first-order chi connectivity index (χ1) is 3.77. The molecule has 0 aliphatic rings. The quantitative estimate of drug-likeness (QED) is 0.552. The Balaban J connectivity index is 0. The van der Waals surface area contributed by atoms with E-state index in [1.807, 2.05) is 20.8 Å². The van der Waals surface area contributed by atoms with Crippen molar-refractivity contribution >= 4 is 11.8 Å². The van der Waals surface area contributed by atoms with E-state index in [2.05, 4.69) is 13.2 Å². The lowest BCUT2D eigenvalue weighted by atomic mass is 10.8. The van der Waals surface area contributed by atoms with Gasteiger partial charge >= 0.3 is 0 Å². The number of hydrogen-bond donors (Lipinski definition) is 0. The molecule has 0 nitrogen and oxygen atoms in total. The summed E-state index contributed by atoms with van der Waals surface area (Å²) in [4.78, 5) is 1.09. The highest BCUT2D eigenvalue weighted by molar-refractivity contribution is 8.05. The van der Waals surface area contributed by atoms with E-state index in [4.69, 9.17) is 0 Å². The Morgan fingerprint density at radius 2 is 1.88 bits per heavy atom. The topological polar surface area (TPSA) is 0 Å². The van der Waals surface area contributed by atoms with E-state index in [9.17, 15) is 0 Å². The van der Waals surface area contributed by atoms with E-state index in [0.29, 0.717) is 0 Å². The van der Waals surface area contributed by atoms with E-state index >= 15 is 0 Å². The van der Waals surface area contributed by atoms with Gasteiger partial charge in [-0.25, -0.2) is 0 Å². The van der Waals surface area contributed by atoms with Gasteiger partial charge in [-0.1, -0.05) is 27.0 Å². The van der Waals surface area contributed by atoms with Crippen molar-refractivity contribution in [2.24, 2.45) is 0 Å². The van der Waals surface area contributed by atoms with Crippen LogP contribution in [0, 0.1) is 0 Å². The third kappa shape index (κ3) is 17.0. The minimum Gasteiger partial charge on any atom is -0.104 e. The lowest BCUT2D eigenvalue weighted by Crippen LogP contribution is -1.48. The molecular formula is C7H14S. The minimum absolute atomic E-state index is 1.09. The summed E-state index contributed by atoms with van der Waals surface area (Å²) in [5.41, 5.74) is 0. The fraction of sp³-hybridized carbons (Fsp3) is 0.429. The van der Waals surface area contributed by atoms with Gasteiger partial charge < -0.3 is 0 Å². The predicted octanol–water partition coefficient (Wildman–Crippen LogP) is 3.42. The van der Waals surface area contributed by atoms with Crippen LogP contribution in [-0.2, 0) is 0 Å². The molecule has 0 amide bonds. The Kier molecular flexibility index (Phi) is 13.4. The smallest absolute Gasteiger partial charge is 0.0211 e. The minimum atomic E-state index is 1.09. The second kappa shape index (κ2) is 9.95. The van der Waals surface area contributed by atoms with Gasteiger partial charge in [0.05, 0.1) is 0 Å². The number of thioether (sulfide) groups is 1. The van der Waals surface area contributed by atoms with Crippen LogP contribution in [0.5, 0.6) is 0 Å². The standard InChI is InChI=1S/C5H8S.C2H6/c1-4-6-5(2)3;1-2/h4H,1-2H2,3H3;1-2H3. The molecule has 0 aliphatic carbocycles. The Bertz CT molecular complexity index is 64.8. The van der Waals surface area contributed by atoms with Gasteiger partial charge in [-0.05, 0) is 17.2 Å². The highest BCUT2D eigenvalue weighted by Crippen LogP contribution is 2.10.